The fourth-order valence-electron chi connectivity index (χ4n) is 3.91. The van der Waals surface area contributed by atoms with Crippen LogP contribution in [0.1, 0.15) is 12.8 Å². The Morgan fingerprint density at radius 2 is 1.75 bits per heavy atom. The molecule has 2 saturated carbocycles. The van der Waals surface area contributed by atoms with E-state index in [-0.39, 0.29) is 12.1 Å². The fraction of sp³-hybridized carbons (Fsp3) is 0.667. The van der Waals surface area contributed by atoms with Crippen molar-refractivity contribution in [2.24, 2.45) is 33.7 Å². The van der Waals surface area contributed by atoms with Gasteiger partial charge in [-0.3, -0.25) is 0 Å². The number of isocyanates is 2. The van der Waals surface area contributed by atoms with Crippen LogP contribution in [0.3, 0.4) is 0 Å². The molecule has 4 nitrogen and oxygen atoms in total. The molecule has 0 saturated heterocycles. The molecule has 0 aromatic rings. The van der Waals surface area contributed by atoms with Gasteiger partial charge in [0.2, 0.25) is 12.2 Å². The Balaban J connectivity index is 1.94. The number of fused-ring (bicyclic) bond motifs is 5. The summed E-state index contributed by atoms with van der Waals surface area (Å²) >= 11 is 0. The van der Waals surface area contributed by atoms with Crippen LogP contribution in [0.2, 0.25) is 0 Å². The Bertz CT molecular complexity index is 432. The molecule has 2 fully saturated rings. The molecule has 3 aliphatic carbocycles. The third-order valence-corrected chi connectivity index (χ3v) is 4.41. The van der Waals surface area contributed by atoms with Gasteiger partial charge in [-0.2, -0.15) is 4.99 Å². The molecule has 0 spiro atoms. The summed E-state index contributed by atoms with van der Waals surface area (Å²) in [5.41, 5.74) is 0. The number of aliphatic imine (C=N–C) groups is 2. The first kappa shape index (κ1) is 9.71. The molecule has 2 bridgehead atoms. The summed E-state index contributed by atoms with van der Waals surface area (Å²) in [7, 11) is 0. The predicted octanol–water partition coefficient (Wildman–Crippen LogP) is 1.24. The number of hydrogen-bond acceptors (Lipinski definition) is 4. The molecule has 0 aliphatic heterocycles. The number of nitrogens with zero attached hydrogens (tertiary/aromatic N) is 2. The summed E-state index contributed by atoms with van der Waals surface area (Å²) in [6.45, 7) is 0. The van der Waals surface area contributed by atoms with E-state index in [0.717, 1.165) is 6.42 Å². The predicted molar refractivity (Wildman–Crippen MR) is 56.2 cm³/mol. The van der Waals surface area contributed by atoms with Crippen LogP contribution < -0.4 is 0 Å². The van der Waals surface area contributed by atoms with E-state index in [1.54, 1.807) is 12.2 Å². The minimum Gasteiger partial charge on any atom is -0.211 e. The topological polar surface area (TPSA) is 58.9 Å². The van der Waals surface area contributed by atoms with Crippen LogP contribution in [0.4, 0.5) is 0 Å². The van der Waals surface area contributed by atoms with E-state index in [9.17, 15) is 9.59 Å². The minimum absolute atomic E-state index is 0.149. The lowest BCUT2D eigenvalue weighted by molar-refractivity contribution is 0.337. The first-order valence-corrected chi connectivity index (χ1v) is 5.67. The van der Waals surface area contributed by atoms with Gasteiger partial charge < -0.3 is 0 Å². The zero-order chi connectivity index (χ0) is 11.1. The van der Waals surface area contributed by atoms with Crippen LogP contribution in [0, 0.1) is 23.7 Å². The van der Waals surface area contributed by atoms with Gasteiger partial charge in [-0.15, -0.1) is 0 Å². The van der Waals surface area contributed by atoms with Gasteiger partial charge in [0.05, 0.1) is 12.1 Å². The molecule has 0 amide bonds. The molecule has 0 aromatic heterocycles. The maximum atomic E-state index is 10.5. The van der Waals surface area contributed by atoms with Crippen LogP contribution in [0.15, 0.2) is 22.1 Å². The smallest absolute Gasteiger partial charge is 0.211 e. The lowest BCUT2D eigenvalue weighted by atomic mass is 9.84. The summed E-state index contributed by atoms with van der Waals surface area (Å²) in [6.07, 6.45) is 9.77. The molecular weight excluding hydrogens is 204 g/mol. The molecule has 4 heteroatoms. The van der Waals surface area contributed by atoms with E-state index in [1.165, 1.54) is 6.42 Å². The summed E-state index contributed by atoms with van der Waals surface area (Å²) in [5.74, 6) is 2.05. The quantitative estimate of drug-likeness (QED) is 0.396. The van der Waals surface area contributed by atoms with E-state index in [0.29, 0.717) is 23.7 Å². The van der Waals surface area contributed by atoms with E-state index in [1.807, 2.05) is 0 Å². The zero-order valence-electron chi connectivity index (χ0n) is 8.74. The average molecular weight is 216 g/mol. The van der Waals surface area contributed by atoms with Crippen molar-refractivity contribution < 1.29 is 9.59 Å². The average Bonchev–Trinajstić information content (AvgIpc) is 2.92. The van der Waals surface area contributed by atoms with Crippen molar-refractivity contribution in [2.45, 2.75) is 24.9 Å². The molecule has 82 valence electrons. The Morgan fingerprint density at radius 1 is 1.00 bits per heavy atom. The highest BCUT2D eigenvalue weighted by atomic mass is 16.1. The van der Waals surface area contributed by atoms with Crippen LogP contribution in [0.5, 0.6) is 0 Å². The molecule has 0 radical (unpaired) electrons. The van der Waals surface area contributed by atoms with Crippen LogP contribution in [-0.4, -0.2) is 24.2 Å². The molecule has 6 unspecified atom stereocenters. The highest BCUT2D eigenvalue weighted by Crippen LogP contribution is 2.56. The standard InChI is InChI=1S/C12H12N2O2/c15-5-13-10-4-9-7-1-2-8(3-7)11(9)12(10)14-6-16/h1-2,7-12H,3-4H2. The van der Waals surface area contributed by atoms with Gasteiger partial charge in [-0.05, 0) is 36.5 Å². The van der Waals surface area contributed by atoms with Crippen molar-refractivity contribution in [1.82, 2.24) is 0 Å². The van der Waals surface area contributed by atoms with Crippen molar-refractivity contribution in [3.8, 4) is 0 Å². The van der Waals surface area contributed by atoms with Crippen LogP contribution in [0.25, 0.3) is 0 Å². The summed E-state index contributed by atoms with van der Waals surface area (Å²) in [5, 5.41) is 0. The largest absolute Gasteiger partial charge is 0.235 e. The second kappa shape index (κ2) is 3.51. The highest BCUT2D eigenvalue weighted by molar-refractivity contribution is 5.38. The van der Waals surface area contributed by atoms with Gasteiger partial charge in [0.15, 0.2) is 0 Å². The molecule has 3 aliphatic rings. The zero-order valence-corrected chi connectivity index (χ0v) is 8.74. The lowest BCUT2D eigenvalue weighted by Crippen LogP contribution is -2.26. The molecule has 6 atom stereocenters. The van der Waals surface area contributed by atoms with E-state index in [2.05, 4.69) is 22.1 Å². The molecule has 3 rings (SSSR count). The Morgan fingerprint density at radius 3 is 2.50 bits per heavy atom. The highest BCUT2D eigenvalue weighted by Gasteiger charge is 2.55. The van der Waals surface area contributed by atoms with Crippen molar-refractivity contribution in [3.63, 3.8) is 0 Å². The number of rotatable bonds is 2. The van der Waals surface area contributed by atoms with Crippen molar-refractivity contribution in [1.29, 1.82) is 0 Å². The van der Waals surface area contributed by atoms with Gasteiger partial charge in [-0.1, -0.05) is 12.2 Å². The molecule has 16 heavy (non-hydrogen) atoms. The summed E-state index contributed by atoms with van der Waals surface area (Å²) in [4.78, 5) is 28.5. The van der Waals surface area contributed by atoms with Crippen LogP contribution >= 0.6 is 0 Å². The second-order valence-corrected chi connectivity index (χ2v) is 4.92. The summed E-state index contributed by atoms with van der Waals surface area (Å²) < 4.78 is 0. The second-order valence-electron chi connectivity index (χ2n) is 4.92. The van der Waals surface area contributed by atoms with Crippen molar-refractivity contribution >= 4 is 12.2 Å². The first-order chi connectivity index (χ1) is 7.85. The maximum Gasteiger partial charge on any atom is 0.235 e. The van der Waals surface area contributed by atoms with Crippen LogP contribution in [-0.2, 0) is 9.59 Å². The molecule has 0 heterocycles. The Kier molecular flexibility index (Phi) is 2.13. The van der Waals surface area contributed by atoms with Crippen molar-refractivity contribution in [2.75, 3.05) is 0 Å². The van der Waals surface area contributed by atoms with E-state index in [4.69, 9.17) is 0 Å². The third kappa shape index (κ3) is 1.18. The molecule has 0 N–H and O–H groups in total. The van der Waals surface area contributed by atoms with Gasteiger partial charge in [0.25, 0.3) is 0 Å². The van der Waals surface area contributed by atoms with Gasteiger partial charge >= 0.3 is 0 Å². The van der Waals surface area contributed by atoms with Gasteiger partial charge in [-0.25, -0.2) is 14.6 Å². The normalized spacial score (nSPS) is 47.2. The number of allylic oxidation sites excluding steroid dienone is 2. The van der Waals surface area contributed by atoms with Gasteiger partial charge in [0, 0.05) is 0 Å². The fourth-order valence-corrected chi connectivity index (χ4v) is 3.91. The van der Waals surface area contributed by atoms with E-state index < -0.39 is 0 Å². The monoisotopic (exact) mass is 216 g/mol. The SMILES string of the molecule is O=C=NC1CC2C3C=CC(C3)C2C1N=C=O. The molecule has 0 aromatic carbocycles. The van der Waals surface area contributed by atoms with E-state index >= 15 is 0 Å². The maximum absolute atomic E-state index is 10.5. The third-order valence-electron chi connectivity index (χ3n) is 4.41. The first-order valence-electron chi connectivity index (χ1n) is 5.67. The number of hydrogen-bond donors (Lipinski definition) is 0. The lowest BCUT2D eigenvalue weighted by Gasteiger charge is -2.22. The summed E-state index contributed by atoms with van der Waals surface area (Å²) in [6, 6.07) is -0.303. The minimum atomic E-state index is -0.154. The number of carbonyl (C=O) groups excluding carboxylic acids is 2. The van der Waals surface area contributed by atoms with Crippen molar-refractivity contribution in [3.05, 3.63) is 12.2 Å². The molecular formula is C12H12N2O2. The Labute approximate surface area is 93.2 Å². The van der Waals surface area contributed by atoms with Gasteiger partial charge in [0.1, 0.15) is 0 Å². The Hall–Kier alpha value is -1.50.